The van der Waals surface area contributed by atoms with Gasteiger partial charge in [0.2, 0.25) is 0 Å². The van der Waals surface area contributed by atoms with Crippen molar-refractivity contribution >= 4 is 10.2 Å². The molecule has 0 aromatic heterocycles. The summed E-state index contributed by atoms with van der Waals surface area (Å²) in [5.74, 6) is 0.815. The Hall–Kier alpha value is -0.160. The van der Waals surface area contributed by atoms with E-state index in [1.807, 2.05) is 0 Å². The van der Waals surface area contributed by atoms with Gasteiger partial charge in [-0.05, 0) is 37.5 Å². The first kappa shape index (κ1) is 10.4. The number of halogens is 1. The van der Waals surface area contributed by atoms with Gasteiger partial charge in [-0.1, -0.05) is 0 Å². The third kappa shape index (κ3) is 2.08. The van der Waals surface area contributed by atoms with Gasteiger partial charge in [0.25, 0.3) is 0 Å². The van der Waals surface area contributed by atoms with E-state index in [0.29, 0.717) is 31.3 Å². The monoisotopic (exact) mass is 222 g/mol. The molecule has 0 aromatic carbocycles. The van der Waals surface area contributed by atoms with Crippen LogP contribution in [0, 0.1) is 11.8 Å². The van der Waals surface area contributed by atoms with Crippen LogP contribution in [0.2, 0.25) is 0 Å². The summed E-state index contributed by atoms with van der Waals surface area (Å²) in [7, 11) is -4.32. The van der Waals surface area contributed by atoms with Crippen LogP contribution in [-0.4, -0.2) is 26.9 Å². The van der Waals surface area contributed by atoms with Gasteiger partial charge in [0.05, 0.1) is 5.25 Å². The molecule has 1 aliphatic heterocycles. The summed E-state index contributed by atoms with van der Waals surface area (Å²) in [5, 5.41) is -0.748. The van der Waals surface area contributed by atoms with Crippen molar-refractivity contribution in [3.8, 4) is 0 Å². The van der Waals surface area contributed by atoms with Crippen molar-refractivity contribution in [2.75, 3.05) is 13.2 Å². The molecule has 3 unspecified atom stereocenters. The van der Waals surface area contributed by atoms with Crippen LogP contribution in [0.1, 0.15) is 25.7 Å². The average Bonchev–Trinajstić information content (AvgIpc) is 2.16. The molecule has 1 aliphatic carbocycles. The number of rotatable bonds is 1. The number of fused-ring (bicyclic) bond motifs is 1. The summed E-state index contributed by atoms with van der Waals surface area (Å²) >= 11 is 0. The Morgan fingerprint density at radius 1 is 1.14 bits per heavy atom. The molecular weight excluding hydrogens is 207 g/mol. The van der Waals surface area contributed by atoms with E-state index in [1.54, 1.807) is 0 Å². The Morgan fingerprint density at radius 2 is 1.93 bits per heavy atom. The second-order valence-corrected chi connectivity index (χ2v) is 5.91. The van der Waals surface area contributed by atoms with Crippen LogP contribution < -0.4 is 0 Å². The van der Waals surface area contributed by atoms with Gasteiger partial charge >= 0.3 is 10.2 Å². The fourth-order valence-corrected chi connectivity index (χ4v) is 3.48. The minimum absolute atomic E-state index is 0.355. The molecule has 3 atom stereocenters. The van der Waals surface area contributed by atoms with Crippen LogP contribution in [0.5, 0.6) is 0 Å². The molecule has 14 heavy (non-hydrogen) atoms. The quantitative estimate of drug-likeness (QED) is 0.631. The van der Waals surface area contributed by atoms with Gasteiger partial charge in [0.15, 0.2) is 0 Å². The van der Waals surface area contributed by atoms with E-state index in [-0.39, 0.29) is 0 Å². The molecule has 0 spiro atoms. The molecule has 3 nitrogen and oxygen atoms in total. The van der Waals surface area contributed by atoms with Crippen LogP contribution in [0.3, 0.4) is 0 Å². The Morgan fingerprint density at radius 3 is 2.64 bits per heavy atom. The Kier molecular flexibility index (Phi) is 2.79. The second-order valence-electron chi connectivity index (χ2n) is 4.29. The van der Waals surface area contributed by atoms with Gasteiger partial charge in [0, 0.05) is 13.2 Å². The van der Waals surface area contributed by atoms with E-state index >= 15 is 0 Å². The van der Waals surface area contributed by atoms with Gasteiger partial charge in [-0.15, -0.1) is 3.89 Å². The van der Waals surface area contributed by atoms with E-state index in [2.05, 4.69) is 0 Å². The van der Waals surface area contributed by atoms with E-state index in [0.717, 1.165) is 19.4 Å². The minimum Gasteiger partial charge on any atom is -0.381 e. The molecule has 0 bridgehead atoms. The van der Waals surface area contributed by atoms with Gasteiger partial charge in [0.1, 0.15) is 0 Å². The van der Waals surface area contributed by atoms with Gasteiger partial charge in [-0.2, -0.15) is 8.42 Å². The number of hydrogen-bond donors (Lipinski definition) is 0. The second kappa shape index (κ2) is 3.77. The first-order valence-electron chi connectivity index (χ1n) is 5.08. The molecule has 1 heterocycles. The normalized spacial score (nSPS) is 39.1. The fraction of sp³-hybridized carbons (Fsp3) is 1.00. The zero-order valence-electron chi connectivity index (χ0n) is 7.99. The lowest BCUT2D eigenvalue weighted by Gasteiger charge is -2.37. The molecule has 1 saturated heterocycles. The average molecular weight is 222 g/mol. The summed E-state index contributed by atoms with van der Waals surface area (Å²) < 4.78 is 39.6. The summed E-state index contributed by atoms with van der Waals surface area (Å²) in [4.78, 5) is 0. The first-order valence-corrected chi connectivity index (χ1v) is 6.53. The highest BCUT2D eigenvalue weighted by atomic mass is 32.3. The van der Waals surface area contributed by atoms with Crippen LogP contribution in [0.15, 0.2) is 0 Å². The predicted octanol–water partition coefficient (Wildman–Crippen LogP) is 1.49. The molecule has 0 amide bonds. The van der Waals surface area contributed by atoms with Crippen molar-refractivity contribution in [1.29, 1.82) is 0 Å². The summed E-state index contributed by atoms with van der Waals surface area (Å²) in [5.41, 5.74) is 0. The predicted molar refractivity (Wildman–Crippen MR) is 50.1 cm³/mol. The van der Waals surface area contributed by atoms with Crippen LogP contribution in [0.4, 0.5) is 3.89 Å². The maximum Gasteiger partial charge on any atom is 0.305 e. The molecule has 0 N–H and O–H groups in total. The lowest BCUT2D eigenvalue weighted by molar-refractivity contribution is -0.000958. The zero-order valence-corrected chi connectivity index (χ0v) is 8.80. The lowest BCUT2D eigenvalue weighted by atomic mass is 9.77. The van der Waals surface area contributed by atoms with E-state index in [4.69, 9.17) is 4.74 Å². The van der Waals surface area contributed by atoms with E-state index < -0.39 is 15.5 Å². The number of hydrogen-bond acceptors (Lipinski definition) is 3. The molecule has 2 aliphatic rings. The van der Waals surface area contributed by atoms with Crippen molar-refractivity contribution in [3.63, 3.8) is 0 Å². The molecule has 5 heteroatoms. The van der Waals surface area contributed by atoms with Gasteiger partial charge in [-0.3, -0.25) is 0 Å². The van der Waals surface area contributed by atoms with Crippen molar-refractivity contribution in [2.24, 2.45) is 11.8 Å². The van der Waals surface area contributed by atoms with Crippen LogP contribution >= 0.6 is 0 Å². The van der Waals surface area contributed by atoms with Crippen LogP contribution in [-0.2, 0) is 15.0 Å². The first-order chi connectivity index (χ1) is 6.57. The lowest BCUT2D eigenvalue weighted by Crippen LogP contribution is -2.37. The maximum absolute atomic E-state index is 12.8. The van der Waals surface area contributed by atoms with E-state index in [9.17, 15) is 12.3 Å². The molecule has 1 saturated carbocycles. The zero-order chi connectivity index (χ0) is 10.2. The topological polar surface area (TPSA) is 43.4 Å². The largest absolute Gasteiger partial charge is 0.381 e. The molecule has 2 rings (SSSR count). The molecular formula is C9H15FO3S. The minimum atomic E-state index is -4.32. The standard InChI is InChI=1S/C9H15FO3S/c10-14(11,12)9-2-1-8-6-13-4-3-7(8)5-9/h7-9H,1-6H2. The van der Waals surface area contributed by atoms with Crippen LogP contribution in [0.25, 0.3) is 0 Å². The third-order valence-corrected chi connectivity index (χ3v) is 4.68. The SMILES string of the molecule is O=S(=O)(F)C1CCC2COCCC2C1. The van der Waals surface area contributed by atoms with Crippen molar-refractivity contribution in [1.82, 2.24) is 0 Å². The maximum atomic E-state index is 12.8. The van der Waals surface area contributed by atoms with Crippen molar-refractivity contribution in [3.05, 3.63) is 0 Å². The smallest absolute Gasteiger partial charge is 0.305 e. The molecule has 0 aromatic rings. The summed E-state index contributed by atoms with van der Waals surface area (Å²) in [6.45, 7) is 1.42. The third-order valence-electron chi connectivity index (χ3n) is 3.45. The Balaban J connectivity index is 2.03. The highest BCUT2D eigenvalue weighted by Gasteiger charge is 2.38. The Labute approximate surface area is 83.8 Å². The molecule has 82 valence electrons. The summed E-state index contributed by atoms with van der Waals surface area (Å²) in [6.07, 6.45) is 2.63. The van der Waals surface area contributed by atoms with Gasteiger partial charge < -0.3 is 4.74 Å². The Bertz CT molecular complexity index is 301. The van der Waals surface area contributed by atoms with Crippen molar-refractivity contribution < 1.29 is 17.0 Å². The molecule has 2 fully saturated rings. The highest BCUT2D eigenvalue weighted by Crippen LogP contribution is 2.38. The summed E-state index contributed by atoms with van der Waals surface area (Å²) in [6, 6.07) is 0. The fourth-order valence-electron chi connectivity index (χ4n) is 2.58. The number of ether oxygens (including phenoxy) is 1. The highest BCUT2D eigenvalue weighted by molar-refractivity contribution is 7.87. The van der Waals surface area contributed by atoms with Gasteiger partial charge in [-0.25, -0.2) is 0 Å². The molecule has 0 radical (unpaired) electrons. The van der Waals surface area contributed by atoms with E-state index in [1.165, 1.54) is 0 Å². The van der Waals surface area contributed by atoms with Crippen molar-refractivity contribution in [2.45, 2.75) is 30.9 Å².